The van der Waals surface area contributed by atoms with Crippen LogP contribution in [0.3, 0.4) is 0 Å². The van der Waals surface area contributed by atoms with Gasteiger partial charge in [0.05, 0.1) is 4.47 Å². The zero-order chi connectivity index (χ0) is 10.8. The number of benzene rings is 1. The molecule has 0 aliphatic carbocycles. The van der Waals surface area contributed by atoms with Crippen molar-refractivity contribution in [2.24, 2.45) is 0 Å². The highest BCUT2D eigenvalue weighted by molar-refractivity contribution is 9.10. The number of aliphatic hydroxyl groups is 1. The Kier molecular flexibility index (Phi) is 3.17. The molecule has 1 aromatic carbocycles. The number of halogens is 1. The lowest BCUT2D eigenvalue weighted by Crippen LogP contribution is -2.18. The summed E-state index contributed by atoms with van der Waals surface area (Å²) in [4.78, 5) is 0. The molecule has 1 atom stereocenters. The van der Waals surface area contributed by atoms with Crippen LogP contribution in [0, 0.1) is 0 Å². The Bertz CT molecular complexity index is 365. The van der Waals surface area contributed by atoms with Gasteiger partial charge in [0.2, 0.25) is 0 Å². The Morgan fingerprint density at radius 3 is 2.67 bits per heavy atom. The number of fused-ring (bicyclic) bond motifs is 1. The maximum atomic E-state index is 9.15. The van der Waals surface area contributed by atoms with Gasteiger partial charge in [-0.2, -0.15) is 0 Å². The van der Waals surface area contributed by atoms with Gasteiger partial charge in [-0.05, 0) is 22.0 Å². The SMILES string of the molecule is CC(CO)c1ccc(Br)c2c1OCCO2. The van der Waals surface area contributed by atoms with Crippen molar-refractivity contribution in [1.29, 1.82) is 0 Å². The molecule has 0 saturated carbocycles. The van der Waals surface area contributed by atoms with Crippen molar-refractivity contribution in [3.63, 3.8) is 0 Å². The minimum absolute atomic E-state index is 0.0635. The van der Waals surface area contributed by atoms with E-state index < -0.39 is 0 Å². The highest BCUT2D eigenvalue weighted by atomic mass is 79.9. The summed E-state index contributed by atoms with van der Waals surface area (Å²) in [6.45, 7) is 3.20. The highest BCUT2D eigenvalue weighted by Crippen LogP contribution is 2.42. The lowest BCUT2D eigenvalue weighted by atomic mass is 10.0. The second kappa shape index (κ2) is 4.41. The van der Waals surface area contributed by atoms with Crippen LogP contribution in [0.4, 0.5) is 0 Å². The van der Waals surface area contributed by atoms with Crippen molar-refractivity contribution in [2.45, 2.75) is 12.8 Å². The van der Waals surface area contributed by atoms with Gasteiger partial charge in [-0.1, -0.05) is 13.0 Å². The quantitative estimate of drug-likeness (QED) is 0.898. The molecule has 0 aromatic heterocycles. The third kappa shape index (κ3) is 1.96. The largest absolute Gasteiger partial charge is 0.486 e. The first-order valence-corrected chi connectivity index (χ1v) is 5.72. The first-order chi connectivity index (χ1) is 7.24. The molecule has 3 nitrogen and oxygen atoms in total. The van der Waals surface area contributed by atoms with Gasteiger partial charge in [-0.25, -0.2) is 0 Å². The summed E-state index contributed by atoms with van der Waals surface area (Å²) in [6.07, 6.45) is 0. The van der Waals surface area contributed by atoms with Gasteiger partial charge < -0.3 is 14.6 Å². The van der Waals surface area contributed by atoms with Crippen LogP contribution in [0.1, 0.15) is 18.4 Å². The Balaban J connectivity index is 2.48. The molecule has 1 N–H and O–H groups in total. The fraction of sp³-hybridized carbons (Fsp3) is 0.455. The van der Waals surface area contributed by atoms with E-state index in [0.29, 0.717) is 13.2 Å². The lowest BCUT2D eigenvalue weighted by Gasteiger charge is -2.24. The maximum Gasteiger partial charge on any atom is 0.175 e. The predicted molar refractivity (Wildman–Crippen MR) is 60.6 cm³/mol. The second-order valence-corrected chi connectivity index (χ2v) is 4.43. The van der Waals surface area contributed by atoms with Crippen molar-refractivity contribution < 1.29 is 14.6 Å². The van der Waals surface area contributed by atoms with E-state index in [1.54, 1.807) is 0 Å². The van der Waals surface area contributed by atoms with Gasteiger partial charge in [0.25, 0.3) is 0 Å². The molecule has 0 bridgehead atoms. The third-order valence-corrected chi connectivity index (χ3v) is 3.10. The fourth-order valence-corrected chi connectivity index (χ4v) is 2.04. The van der Waals surface area contributed by atoms with Crippen LogP contribution < -0.4 is 9.47 Å². The molecule has 1 aliphatic heterocycles. The molecule has 1 aliphatic rings. The van der Waals surface area contributed by atoms with Crippen LogP contribution in [0.5, 0.6) is 11.5 Å². The van der Waals surface area contributed by atoms with E-state index in [2.05, 4.69) is 15.9 Å². The summed E-state index contributed by atoms with van der Waals surface area (Å²) in [5.74, 6) is 1.57. The molecule has 15 heavy (non-hydrogen) atoms. The average molecular weight is 273 g/mol. The normalized spacial score (nSPS) is 16.2. The molecule has 82 valence electrons. The van der Waals surface area contributed by atoms with Gasteiger partial charge >= 0.3 is 0 Å². The van der Waals surface area contributed by atoms with E-state index in [1.165, 1.54) is 0 Å². The van der Waals surface area contributed by atoms with Crippen molar-refractivity contribution in [1.82, 2.24) is 0 Å². The fourth-order valence-electron chi connectivity index (χ4n) is 1.61. The Morgan fingerprint density at radius 2 is 2.00 bits per heavy atom. The molecule has 0 saturated heterocycles. The highest BCUT2D eigenvalue weighted by Gasteiger charge is 2.21. The van der Waals surface area contributed by atoms with Crippen molar-refractivity contribution in [3.05, 3.63) is 22.2 Å². The van der Waals surface area contributed by atoms with Gasteiger partial charge in [-0.3, -0.25) is 0 Å². The molecular weight excluding hydrogens is 260 g/mol. The lowest BCUT2D eigenvalue weighted by molar-refractivity contribution is 0.166. The molecular formula is C11H13BrO3. The molecule has 2 rings (SSSR count). The maximum absolute atomic E-state index is 9.15. The number of hydrogen-bond donors (Lipinski definition) is 1. The molecule has 1 heterocycles. The van der Waals surface area contributed by atoms with E-state index in [9.17, 15) is 0 Å². The van der Waals surface area contributed by atoms with Gasteiger partial charge in [0.1, 0.15) is 13.2 Å². The predicted octanol–water partition coefficient (Wildman–Crippen LogP) is 2.32. The summed E-state index contributed by atoms with van der Waals surface area (Å²) >= 11 is 3.42. The standard InChI is InChI=1S/C11H13BrO3/c1-7(6-13)8-2-3-9(12)11-10(8)14-4-5-15-11/h2-3,7,13H,4-6H2,1H3. The Labute approximate surface area is 97.1 Å². The van der Waals surface area contributed by atoms with E-state index in [-0.39, 0.29) is 12.5 Å². The molecule has 0 spiro atoms. The third-order valence-electron chi connectivity index (χ3n) is 2.48. The van der Waals surface area contributed by atoms with E-state index in [4.69, 9.17) is 14.6 Å². The van der Waals surface area contributed by atoms with Crippen LogP contribution >= 0.6 is 15.9 Å². The summed E-state index contributed by atoms with van der Waals surface area (Å²) in [7, 11) is 0. The first kappa shape index (κ1) is 10.8. The molecule has 0 fully saturated rings. The molecule has 0 radical (unpaired) electrons. The van der Waals surface area contributed by atoms with Crippen LogP contribution in [0.15, 0.2) is 16.6 Å². The van der Waals surface area contributed by atoms with Gasteiger partial charge in [0.15, 0.2) is 11.5 Å². The first-order valence-electron chi connectivity index (χ1n) is 4.93. The summed E-state index contributed by atoms with van der Waals surface area (Å²) in [5.41, 5.74) is 0.996. The van der Waals surface area contributed by atoms with Gasteiger partial charge in [-0.15, -0.1) is 0 Å². The summed E-state index contributed by atoms with van der Waals surface area (Å²) < 4.78 is 12.0. The second-order valence-electron chi connectivity index (χ2n) is 3.58. The van der Waals surface area contributed by atoms with Gasteiger partial charge in [0, 0.05) is 18.1 Å². The Morgan fingerprint density at radius 1 is 1.33 bits per heavy atom. The number of aliphatic hydroxyl groups excluding tert-OH is 1. The monoisotopic (exact) mass is 272 g/mol. The number of ether oxygens (including phenoxy) is 2. The van der Waals surface area contributed by atoms with E-state index in [1.807, 2.05) is 19.1 Å². The molecule has 1 unspecified atom stereocenters. The zero-order valence-electron chi connectivity index (χ0n) is 8.50. The van der Waals surface area contributed by atoms with Crippen LogP contribution in [-0.4, -0.2) is 24.9 Å². The minimum atomic E-state index is 0.0635. The number of hydrogen-bond acceptors (Lipinski definition) is 3. The van der Waals surface area contributed by atoms with Crippen molar-refractivity contribution in [3.8, 4) is 11.5 Å². The zero-order valence-corrected chi connectivity index (χ0v) is 10.1. The van der Waals surface area contributed by atoms with E-state index in [0.717, 1.165) is 21.5 Å². The smallest absolute Gasteiger partial charge is 0.175 e. The summed E-state index contributed by atoms with van der Waals surface area (Å²) in [5, 5.41) is 9.15. The van der Waals surface area contributed by atoms with Crippen molar-refractivity contribution in [2.75, 3.05) is 19.8 Å². The minimum Gasteiger partial charge on any atom is -0.486 e. The summed E-state index contributed by atoms with van der Waals surface area (Å²) in [6, 6.07) is 3.88. The van der Waals surface area contributed by atoms with E-state index >= 15 is 0 Å². The van der Waals surface area contributed by atoms with Crippen LogP contribution in [-0.2, 0) is 0 Å². The topological polar surface area (TPSA) is 38.7 Å². The number of rotatable bonds is 2. The van der Waals surface area contributed by atoms with Crippen LogP contribution in [0.2, 0.25) is 0 Å². The average Bonchev–Trinajstić information content (AvgIpc) is 2.29. The molecule has 1 aromatic rings. The van der Waals surface area contributed by atoms with Crippen molar-refractivity contribution >= 4 is 15.9 Å². The molecule has 4 heteroatoms. The van der Waals surface area contributed by atoms with Crippen LogP contribution in [0.25, 0.3) is 0 Å². The molecule has 0 amide bonds. The Hall–Kier alpha value is -0.740.